The van der Waals surface area contributed by atoms with E-state index in [4.69, 9.17) is 4.74 Å². The molecule has 1 aliphatic heterocycles. The summed E-state index contributed by atoms with van der Waals surface area (Å²) in [6, 6.07) is 6.07. The highest BCUT2D eigenvalue weighted by Crippen LogP contribution is 2.36. The summed E-state index contributed by atoms with van der Waals surface area (Å²) in [5.74, 6) is 1.69. The lowest BCUT2D eigenvalue weighted by atomic mass is 9.88. The minimum atomic E-state index is 0.104. The number of nitrogens with one attached hydrogen (secondary N) is 1. The first-order valence-electron chi connectivity index (χ1n) is 8.71. The van der Waals surface area contributed by atoms with Gasteiger partial charge in [0.25, 0.3) is 5.91 Å². The third kappa shape index (κ3) is 2.48. The number of nitrogens with zero attached hydrogens (tertiary/aromatic N) is 2. The second kappa shape index (κ2) is 5.96. The molecule has 1 amide bonds. The maximum absolute atomic E-state index is 12.9. The second-order valence-corrected chi connectivity index (χ2v) is 6.92. The van der Waals surface area contributed by atoms with Gasteiger partial charge in [0.1, 0.15) is 11.4 Å². The van der Waals surface area contributed by atoms with E-state index in [2.05, 4.69) is 23.2 Å². The number of ether oxygens (including phenoxy) is 1. The smallest absolute Gasteiger partial charge is 0.272 e. The van der Waals surface area contributed by atoms with Crippen LogP contribution in [0.2, 0.25) is 0 Å². The van der Waals surface area contributed by atoms with Gasteiger partial charge in [0, 0.05) is 24.2 Å². The molecule has 0 atom stereocenters. The zero-order valence-electron chi connectivity index (χ0n) is 14.3. The van der Waals surface area contributed by atoms with E-state index in [0.717, 1.165) is 61.3 Å². The number of hydrogen-bond acceptors (Lipinski definition) is 3. The minimum Gasteiger partial charge on any atom is -0.497 e. The lowest BCUT2D eigenvalue weighted by molar-refractivity contribution is 0.0690. The Morgan fingerprint density at radius 3 is 2.83 bits per heavy atom. The Kier molecular flexibility index (Phi) is 3.79. The number of carbonyl (C=O) groups excluding carboxylic acids is 1. The molecule has 1 aromatic heterocycles. The van der Waals surface area contributed by atoms with Crippen molar-refractivity contribution in [1.82, 2.24) is 15.1 Å². The largest absolute Gasteiger partial charge is 0.497 e. The number of aromatic amines is 1. The lowest BCUT2D eigenvalue weighted by Crippen LogP contribution is -2.38. The van der Waals surface area contributed by atoms with E-state index in [9.17, 15) is 4.79 Å². The average Bonchev–Trinajstić information content (AvgIpc) is 3.05. The summed E-state index contributed by atoms with van der Waals surface area (Å²) in [6.07, 6.45) is 3.93. The van der Waals surface area contributed by atoms with Gasteiger partial charge >= 0.3 is 0 Å². The Morgan fingerprint density at radius 2 is 2.08 bits per heavy atom. The zero-order chi connectivity index (χ0) is 16.7. The summed E-state index contributed by atoms with van der Waals surface area (Å²) in [5, 5.41) is 7.49. The molecule has 1 fully saturated rings. The van der Waals surface area contributed by atoms with Crippen molar-refractivity contribution in [2.75, 3.05) is 20.2 Å². The number of rotatable bonds is 2. The van der Waals surface area contributed by atoms with E-state index in [1.807, 2.05) is 17.0 Å². The molecule has 24 heavy (non-hydrogen) atoms. The van der Waals surface area contributed by atoms with Crippen LogP contribution in [0.3, 0.4) is 0 Å². The fraction of sp³-hybridized carbons (Fsp3) is 0.474. The lowest BCUT2D eigenvalue weighted by Gasteiger charge is -2.30. The average molecular weight is 325 g/mol. The van der Waals surface area contributed by atoms with E-state index in [0.29, 0.717) is 11.6 Å². The van der Waals surface area contributed by atoms with Gasteiger partial charge in [0.15, 0.2) is 0 Å². The third-order valence-electron chi connectivity index (χ3n) is 5.36. The molecule has 0 radical (unpaired) electrons. The van der Waals surface area contributed by atoms with Crippen LogP contribution in [0.15, 0.2) is 18.2 Å². The molecule has 0 bridgehead atoms. The van der Waals surface area contributed by atoms with Crippen molar-refractivity contribution in [3.05, 3.63) is 35.0 Å². The van der Waals surface area contributed by atoms with Crippen molar-refractivity contribution in [2.24, 2.45) is 5.92 Å². The Morgan fingerprint density at radius 1 is 1.29 bits per heavy atom. The number of aryl methyl sites for hydroxylation is 1. The Bertz CT molecular complexity index is 773. The normalized spacial score (nSPS) is 17.3. The molecule has 5 heteroatoms. The number of benzene rings is 1. The van der Waals surface area contributed by atoms with Crippen molar-refractivity contribution in [3.8, 4) is 17.0 Å². The predicted octanol–water partition coefficient (Wildman–Crippen LogP) is 3.06. The summed E-state index contributed by atoms with van der Waals surface area (Å²) in [4.78, 5) is 14.9. The summed E-state index contributed by atoms with van der Waals surface area (Å²) < 4.78 is 5.31. The van der Waals surface area contributed by atoms with Crippen LogP contribution in [0.5, 0.6) is 5.75 Å². The number of H-pyrrole nitrogens is 1. The number of amides is 1. The fourth-order valence-corrected chi connectivity index (χ4v) is 3.77. The van der Waals surface area contributed by atoms with Crippen LogP contribution in [0.4, 0.5) is 0 Å². The molecule has 1 saturated heterocycles. The van der Waals surface area contributed by atoms with Gasteiger partial charge in [-0.2, -0.15) is 5.10 Å². The molecule has 1 aliphatic carbocycles. The second-order valence-electron chi connectivity index (χ2n) is 6.92. The first-order valence-corrected chi connectivity index (χ1v) is 8.71. The fourth-order valence-electron chi connectivity index (χ4n) is 3.77. The van der Waals surface area contributed by atoms with Gasteiger partial charge in [-0.25, -0.2) is 0 Å². The summed E-state index contributed by atoms with van der Waals surface area (Å²) in [7, 11) is 1.68. The number of methoxy groups -OCH3 is 1. The van der Waals surface area contributed by atoms with Crippen molar-refractivity contribution in [2.45, 2.75) is 32.6 Å². The van der Waals surface area contributed by atoms with Crippen LogP contribution < -0.4 is 4.74 Å². The number of likely N-dealkylation sites (tertiary alicyclic amines) is 1. The van der Waals surface area contributed by atoms with Crippen LogP contribution >= 0.6 is 0 Å². The third-order valence-corrected chi connectivity index (χ3v) is 5.36. The van der Waals surface area contributed by atoms with Gasteiger partial charge in [-0.1, -0.05) is 6.92 Å². The Hall–Kier alpha value is -2.30. The van der Waals surface area contributed by atoms with Crippen molar-refractivity contribution >= 4 is 5.91 Å². The monoisotopic (exact) mass is 325 g/mol. The molecule has 1 N–H and O–H groups in total. The number of carbonyl (C=O) groups is 1. The van der Waals surface area contributed by atoms with Crippen LogP contribution in [0.25, 0.3) is 11.3 Å². The molecule has 1 aromatic carbocycles. The minimum absolute atomic E-state index is 0.104. The molecule has 2 aromatic rings. The van der Waals surface area contributed by atoms with Gasteiger partial charge in [-0.3, -0.25) is 9.89 Å². The van der Waals surface area contributed by atoms with Crippen LogP contribution in [-0.4, -0.2) is 41.2 Å². The molecule has 2 heterocycles. The number of aromatic nitrogens is 2. The van der Waals surface area contributed by atoms with Crippen molar-refractivity contribution in [1.29, 1.82) is 0 Å². The van der Waals surface area contributed by atoms with Gasteiger partial charge in [0.2, 0.25) is 0 Å². The predicted molar refractivity (Wildman–Crippen MR) is 92.3 cm³/mol. The molecule has 0 unspecified atom stereocenters. The highest BCUT2D eigenvalue weighted by Gasteiger charge is 2.29. The van der Waals surface area contributed by atoms with Crippen molar-refractivity contribution in [3.63, 3.8) is 0 Å². The molecule has 4 rings (SSSR count). The highest BCUT2D eigenvalue weighted by molar-refractivity contribution is 5.96. The molecule has 0 saturated carbocycles. The first kappa shape index (κ1) is 15.2. The summed E-state index contributed by atoms with van der Waals surface area (Å²) >= 11 is 0. The number of hydrogen-bond donors (Lipinski definition) is 1. The molecule has 0 spiro atoms. The van der Waals surface area contributed by atoms with Gasteiger partial charge in [-0.05, 0) is 55.4 Å². The number of fused-ring (bicyclic) bond motifs is 3. The van der Waals surface area contributed by atoms with Gasteiger partial charge in [-0.15, -0.1) is 0 Å². The van der Waals surface area contributed by atoms with E-state index >= 15 is 0 Å². The Labute approximate surface area is 142 Å². The van der Waals surface area contributed by atoms with Crippen LogP contribution in [-0.2, 0) is 12.8 Å². The molecular formula is C19H23N3O2. The first-order chi connectivity index (χ1) is 11.7. The van der Waals surface area contributed by atoms with E-state index < -0.39 is 0 Å². The molecular weight excluding hydrogens is 302 g/mol. The molecule has 2 aliphatic rings. The topological polar surface area (TPSA) is 58.2 Å². The SMILES string of the molecule is COc1ccc2c(c1)CCc1c-2n[nH]c1C(=O)N1CCC(C)CC1. The summed E-state index contributed by atoms with van der Waals surface area (Å²) in [5.41, 5.74) is 5.02. The van der Waals surface area contributed by atoms with E-state index in [-0.39, 0.29) is 5.91 Å². The summed E-state index contributed by atoms with van der Waals surface area (Å²) in [6.45, 7) is 3.95. The van der Waals surface area contributed by atoms with E-state index in [1.54, 1.807) is 7.11 Å². The van der Waals surface area contributed by atoms with Crippen LogP contribution in [0, 0.1) is 5.92 Å². The van der Waals surface area contributed by atoms with Gasteiger partial charge in [0.05, 0.1) is 12.8 Å². The van der Waals surface area contributed by atoms with Crippen molar-refractivity contribution < 1.29 is 9.53 Å². The van der Waals surface area contributed by atoms with Crippen LogP contribution in [0.1, 0.15) is 41.4 Å². The standard InChI is InChI=1S/C19H23N3O2/c1-12-7-9-22(10-8-12)19(23)18-16-5-3-13-11-14(24-2)4-6-15(13)17(16)20-21-18/h4,6,11-12H,3,5,7-10H2,1-2H3,(H,20,21). The maximum atomic E-state index is 12.9. The molecule has 126 valence electrons. The Balaban J connectivity index is 1.64. The van der Waals surface area contributed by atoms with E-state index in [1.165, 1.54) is 5.56 Å². The quantitative estimate of drug-likeness (QED) is 0.923. The maximum Gasteiger partial charge on any atom is 0.272 e. The zero-order valence-corrected chi connectivity index (χ0v) is 14.3. The molecule has 5 nitrogen and oxygen atoms in total. The van der Waals surface area contributed by atoms with Gasteiger partial charge < -0.3 is 9.64 Å². The highest BCUT2D eigenvalue weighted by atomic mass is 16.5. The number of piperidine rings is 1.